The van der Waals surface area contributed by atoms with E-state index >= 15 is 0 Å². The van der Waals surface area contributed by atoms with Crippen molar-refractivity contribution in [3.8, 4) is 0 Å². The van der Waals surface area contributed by atoms with Crippen molar-refractivity contribution in [2.45, 2.75) is 50.9 Å². The van der Waals surface area contributed by atoms with Crippen LogP contribution in [0.1, 0.15) is 38.5 Å². The first-order valence-corrected chi connectivity index (χ1v) is 9.09. The summed E-state index contributed by atoms with van der Waals surface area (Å²) in [4.78, 5) is 12.9. The van der Waals surface area contributed by atoms with Crippen LogP contribution in [-0.4, -0.2) is 18.1 Å². The molecule has 0 radical (unpaired) electrons. The number of Topliss-reactive ketones (excluding diaryl/α,β-unsaturated/α-hetero) is 1. The van der Waals surface area contributed by atoms with Crippen LogP contribution in [0.3, 0.4) is 0 Å². The molecule has 0 amide bonds. The minimum absolute atomic E-state index is 0.000926. The first kappa shape index (κ1) is 16.0. The standard InChI is InChI=1S/C21H24F2O/c22-18-5-1-3-11-20(18,15-7-8-15)13-17(24)14-21(16-9-10-16)12-4-2-6-19(21)23/h1-6,11-12,15-16,18-19H,7-10,13-14H2. The number of carbonyl (C=O) groups is 1. The Kier molecular flexibility index (Phi) is 3.85. The number of hydrogen-bond acceptors (Lipinski definition) is 1. The molecule has 0 N–H and O–H groups in total. The smallest absolute Gasteiger partial charge is 0.134 e. The lowest BCUT2D eigenvalue weighted by Gasteiger charge is -2.37. The summed E-state index contributed by atoms with van der Waals surface area (Å²) in [7, 11) is 0. The highest BCUT2D eigenvalue weighted by molar-refractivity contribution is 5.81. The van der Waals surface area contributed by atoms with E-state index in [1.54, 1.807) is 24.3 Å². The second-order valence-corrected chi connectivity index (χ2v) is 7.96. The average Bonchev–Trinajstić information content (AvgIpc) is 3.44. The molecule has 0 aliphatic heterocycles. The fourth-order valence-electron chi connectivity index (χ4n) is 4.65. The second-order valence-electron chi connectivity index (χ2n) is 7.96. The van der Waals surface area contributed by atoms with Gasteiger partial charge >= 0.3 is 0 Å². The zero-order chi connectivity index (χ0) is 16.8. The molecule has 128 valence electrons. The fourth-order valence-corrected chi connectivity index (χ4v) is 4.65. The van der Waals surface area contributed by atoms with Crippen molar-refractivity contribution in [3.05, 3.63) is 48.6 Å². The van der Waals surface area contributed by atoms with Gasteiger partial charge in [0.15, 0.2) is 0 Å². The van der Waals surface area contributed by atoms with Gasteiger partial charge in [-0.05, 0) is 49.7 Å². The molecule has 0 bridgehead atoms. The van der Waals surface area contributed by atoms with E-state index in [0.717, 1.165) is 25.7 Å². The molecule has 1 nitrogen and oxygen atoms in total. The Balaban J connectivity index is 1.53. The number of carbonyl (C=O) groups excluding carboxylic acids is 1. The lowest BCUT2D eigenvalue weighted by atomic mass is 9.67. The summed E-state index contributed by atoms with van der Waals surface area (Å²) >= 11 is 0. The second kappa shape index (κ2) is 5.79. The minimum atomic E-state index is -1.11. The normalized spacial score (nSPS) is 40.9. The van der Waals surface area contributed by atoms with Crippen molar-refractivity contribution >= 4 is 5.78 Å². The maximum Gasteiger partial charge on any atom is 0.134 e. The van der Waals surface area contributed by atoms with Gasteiger partial charge in [-0.25, -0.2) is 8.78 Å². The maximum atomic E-state index is 14.7. The number of ketones is 1. The lowest BCUT2D eigenvalue weighted by Crippen LogP contribution is -2.39. The minimum Gasteiger partial charge on any atom is -0.300 e. The molecule has 4 rings (SSSR count). The number of allylic oxidation sites excluding steroid dienone is 8. The molecule has 2 saturated carbocycles. The first-order valence-electron chi connectivity index (χ1n) is 9.09. The Bertz CT molecular complexity index is 584. The topological polar surface area (TPSA) is 17.1 Å². The van der Waals surface area contributed by atoms with Gasteiger partial charge in [0.2, 0.25) is 0 Å². The number of halogens is 2. The van der Waals surface area contributed by atoms with E-state index in [9.17, 15) is 13.6 Å². The van der Waals surface area contributed by atoms with Crippen LogP contribution in [0.15, 0.2) is 48.6 Å². The highest BCUT2D eigenvalue weighted by atomic mass is 19.1. The van der Waals surface area contributed by atoms with E-state index in [1.165, 1.54) is 0 Å². The van der Waals surface area contributed by atoms with Gasteiger partial charge in [-0.2, -0.15) is 0 Å². The summed E-state index contributed by atoms with van der Waals surface area (Å²) in [6, 6.07) is 0. The summed E-state index contributed by atoms with van der Waals surface area (Å²) in [6.45, 7) is 0. The Morgan fingerprint density at radius 1 is 0.792 bits per heavy atom. The van der Waals surface area contributed by atoms with Crippen LogP contribution in [0.4, 0.5) is 8.78 Å². The van der Waals surface area contributed by atoms with Crippen LogP contribution in [0.2, 0.25) is 0 Å². The van der Waals surface area contributed by atoms with Gasteiger partial charge in [0.05, 0.1) is 0 Å². The van der Waals surface area contributed by atoms with Crippen molar-refractivity contribution < 1.29 is 13.6 Å². The molecule has 0 spiro atoms. The summed E-state index contributed by atoms with van der Waals surface area (Å²) in [5.74, 6) is 0.494. The Hall–Kier alpha value is -1.51. The van der Waals surface area contributed by atoms with E-state index in [4.69, 9.17) is 0 Å². The fraction of sp³-hybridized carbons (Fsp3) is 0.571. The van der Waals surface area contributed by atoms with Gasteiger partial charge in [0.1, 0.15) is 18.1 Å². The number of hydrogen-bond donors (Lipinski definition) is 0. The monoisotopic (exact) mass is 330 g/mol. The highest BCUT2D eigenvalue weighted by Crippen LogP contribution is 2.56. The third-order valence-corrected chi connectivity index (χ3v) is 6.30. The summed E-state index contributed by atoms with van der Waals surface area (Å²) < 4.78 is 29.4. The van der Waals surface area contributed by atoms with E-state index in [-0.39, 0.29) is 30.5 Å². The van der Waals surface area contributed by atoms with Crippen LogP contribution >= 0.6 is 0 Å². The van der Waals surface area contributed by atoms with Gasteiger partial charge in [-0.1, -0.05) is 36.5 Å². The van der Waals surface area contributed by atoms with Crippen LogP contribution in [0.5, 0.6) is 0 Å². The van der Waals surface area contributed by atoms with Crippen molar-refractivity contribution in [2.75, 3.05) is 0 Å². The molecular formula is C21H24F2O. The van der Waals surface area contributed by atoms with E-state index < -0.39 is 23.2 Å². The van der Waals surface area contributed by atoms with Crippen molar-refractivity contribution in [1.29, 1.82) is 0 Å². The van der Waals surface area contributed by atoms with Gasteiger partial charge in [-0.3, -0.25) is 4.79 Å². The van der Waals surface area contributed by atoms with E-state index in [1.807, 2.05) is 24.3 Å². The van der Waals surface area contributed by atoms with Crippen LogP contribution in [-0.2, 0) is 4.79 Å². The molecular weight excluding hydrogens is 306 g/mol. The average molecular weight is 330 g/mol. The first-order chi connectivity index (χ1) is 11.6. The quantitative estimate of drug-likeness (QED) is 0.665. The SMILES string of the molecule is O=C(CC1(C2CC2)C=CC=CC1F)CC1(C2CC2)C=CC=CC1F. The van der Waals surface area contributed by atoms with E-state index in [0.29, 0.717) is 0 Å². The summed E-state index contributed by atoms with van der Waals surface area (Å²) in [6.07, 6.45) is 16.1. The van der Waals surface area contributed by atoms with Crippen molar-refractivity contribution in [2.24, 2.45) is 22.7 Å². The lowest BCUT2D eigenvalue weighted by molar-refractivity contribution is -0.124. The maximum absolute atomic E-state index is 14.7. The molecule has 0 heterocycles. The van der Waals surface area contributed by atoms with Crippen molar-refractivity contribution in [1.82, 2.24) is 0 Å². The molecule has 0 aromatic heterocycles. The molecule has 0 aromatic rings. The molecule has 24 heavy (non-hydrogen) atoms. The Labute approximate surface area is 142 Å². The third kappa shape index (κ3) is 2.62. The molecule has 0 aromatic carbocycles. The van der Waals surface area contributed by atoms with Crippen LogP contribution in [0.25, 0.3) is 0 Å². The largest absolute Gasteiger partial charge is 0.300 e. The molecule has 0 saturated heterocycles. The van der Waals surface area contributed by atoms with Crippen molar-refractivity contribution in [3.63, 3.8) is 0 Å². The predicted octanol–water partition coefficient (Wildman–Crippen LogP) is 5.06. The molecule has 3 heteroatoms. The van der Waals surface area contributed by atoms with E-state index in [2.05, 4.69) is 0 Å². The zero-order valence-electron chi connectivity index (χ0n) is 13.8. The predicted molar refractivity (Wildman–Crippen MR) is 90.9 cm³/mol. The van der Waals surface area contributed by atoms with Gasteiger partial charge in [0.25, 0.3) is 0 Å². The summed E-state index contributed by atoms with van der Waals surface area (Å²) in [5, 5.41) is 0. The molecule has 4 atom stereocenters. The number of alkyl halides is 2. The number of rotatable bonds is 6. The third-order valence-electron chi connectivity index (χ3n) is 6.30. The molecule has 4 aliphatic carbocycles. The van der Waals surface area contributed by atoms with Gasteiger partial charge in [0, 0.05) is 23.7 Å². The molecule has 4 unspecified atom stereocenters. The van der Waals surface area contributed by atoms with Gasteiger partial charge < -0.3 is 0 Å². The van der Waals surface area contributed by atoms with Gasteiger partial charge in [-0.15, -0.1) is 0 Å². The van der Waals surface area contributed by atoms with Crippen LogP contribution < -0.4 is 0 Å². The van der Waals surface area contributed by atoms with Crippen LogP contribution in [0, 0.1) is 22.7 Å². The zero-order valence-corrected chi connectivity index (χ0v) is 13.8. The summed E-state index contributed by atoms with van der Waals surface area (Å²) in [5.41, 5.74) is -1.40. The highest BCUT2D eigenvalue weighted by Gasteiger charge is 2.53. The molecule has 4 aliphatic rings. The Morgan fingerprint density at radius 3 is 1.54 bits per heavy atom. The molecule has 2 fully saturated rings. The Morgan fingerprint density at radius 2 is 1.21 bits per heavy atom.